The van der Waals surface area contributed by atoms with Crippen LogP contribution in [0.1, 0.15) is 5.56 Å². The molecular formula is C14H10BrCl2NO. The highest BCUT2D eigenvalue weighted by atomic mass is 79.9. The molecule has 98 valence electrons. The predicted molar refractivity (Wildman–Crippen MR) is 82.9 cm³/mol. The molecule has 0 bridgehead atoms. The highest BCUT2D eigenvalue weighted by Gasteiger charge is 2.08. The van der Waals surface area contributed by atoms with E-state index in [0.29, 0.717) is 20.2 Å². The third kappa shape index (κ3) is 3.96. The average molecular weight is 359 g/mol. The first-order chi connectivity index (χ1) is 9.06. The number of amides is 1. The lowest BCUT2D eigenvalue weighted by atomic mass is 10.1. The molecule has 0 aliphatic rings. The number of halogens is 3. The van der Waals surface area contributed by atoms with E-state index >= 15 is 0 Å². The zero-order valence-corrected chi connectivity index (χ0v) is 12.9. The van der Waals surface area contributed by atoms with Gasteiger partial charge in [-0.3, -0.25) is 4.79 Å². The summed E-state index contributed by atoms with van der Waals surface area (Å²) in [5, 5.41) is 4.02. The third-order valence-corrected chi connectivity index (χ3v) is 4.15. The van der Waals surface area contributed by atoms with E-state index in [-0.39, 0.29) is 12.3 Å². The van der Waals surface area contributed by atoms with E-state index in [4.69, 9.17) is 23.2 Å². The molecule has 0 unspecified atom stereocenters. The number of hydrogen-bond donors (Lipinski definition) is 1. The van der Waals surface area contributed by atoms with Crippen LogP contribution in [0.3, 0.4) is 0 Å². The molecule has 0 atom stereocenters. The topological polar surface area (TPSA) is 29.1 Å². The van der Waals surface area contributed by atoms with E-state index in [0.717, 1.165) is 5.56 Å². The summed E-state index contributed by atoms with van der Waals surface area (Å²) >= 11 is 15.1. The number of benzene rings is 2. The van der Waals surface area contributed by atoms with E-state index < -0.39 is 0 Å². The summed E-state index contributed by atoms with van der Waals surface area (Å²) in [6, 6.07) is 12.5. The molecule has 0 radical (unpaired) electrons. The minimum Gasteiger partial charge on any atom is -0.325 e. The van der Waals surface area contributed by atoms with Gasteiger partial charge in [-0.15, -0.1) is 0 Å². The maximum absolute atomic E-state index is 11.9. The molecule has 0 spiro atoms. The Morgan fingerprint density at radius 3 is 2.47 bits per heavy atom. The Hall–Kier alpha value is -1.03. The summed E-state index contributed by atoms with van der Waals surface area (Å²) < 4.78 is 0.682. The molecule has 0 saturated heterocycles. The fraction of sp³-hybridized carbons (Fsp3) is 0.0714. The molecule has 19 heavy (non-hydrogen) atoms. The molecule has 5 heteroatoms. The summed E-state index contributed by atoms with van der Waals surface area (Å²) in [4.78, 5) is 11.9. The van der Waals surface area contributed by atoms with E-state index in [9.17, 15) is 4.79 Å². The van der Waals surface area contributed by atoms with Gasteiger partial charge >= 0.3 is 0 Å². The van der Waals surface area contributed by atoms with Crippen molar-refractivity contribution in [1.29, 1.82) is 0 Å². The van der Waals surface area contributed by atoms with Gasteiger partial charge in [0.25, 0.3) is 0 Å². The van der Waals surface area contributed by atoms with E-state index in [1.165, 1.54) is 0 Å². The molecule has 0 aliphatic carbocycles. The quantitative estimate of drug-likeness (QED) is 0.827. The SMILES string of the molecule is O=C(Cc1ccc(Cl)cc1)Nc1cccc(Cl)c1Br. The van der Waals surface area contributed by atoms with Gasteiger partial charge in [-0.05, 0) is 45.8 Å². The summed E-state index contributed by atoms with van der Waals surface area (Å²) in [7, 11) is 0. The molecule has 2 rings (SSSR count). The Balaban J connectivity index is 2.05. The number of nitrogens with one attached hydrogen (secondary N) is 1. The van der Waals surface area contributed by atoms with E-state index in [1.807, 2.05) is 12.1 Å². The zero-order chi connectivity index (χ0) is 13.8. The molecule has 0 fully saturated rings. The van der Waals surface area contributed by atoms with Crippen LogP contribution in [0, 0.1) is 0 Å². The Bertz CT molecular complexity index is 599. The van der Waals surface area contributed by atoms with Gasteiger partial charge in [-0.25, -0.2) is 0 Å². The van der Waals surface area contributed by atoms with Crippen LogP contribution in [-0.4, -0.2) is 5.91 Å². The molecule has 1 N–H and O–H groups in total. The van der Waals surface area contributed by atoms with Crippen molar-refractivity contribution < 1.29 is 4.79 Å². The van der Waals surface area contributed by atoms with Crippen LogP contribution >= 0.6 is 39.1 Å². The van der Waals surface area contributed by atoms with Gasteiger partial charge in [0.1, 0.15) is 0 Å². The second-order valence-electron chi connectivity index (χ2n) is 3.95. The number of rotatable bonds is 3. The van der Waals surface area contributed by atoms with Gasteiger partial charge < -0.3 is 5.32 Å². The van der Waals surface area contributed by atoms with E-state index in [2.05, 4.69) is 21.2 Å². The van der Waals surface area contributed by atoms with Gasteiger partial charge in [-0.1, -0.05) is 41.4 Å². The smallest absolute Gasteiger partial charge is 0.228 e. The second kappa shape index (κ2) is 6.42. The number of hydrogen-bond acceptors (Lipinski definition) is 1. The monoisotopic (exact) mass is 357 g/mol. The molecule has 2 aromatic carbocycles. The molecule has 2 aromatic rings. The van der Waals surface area contributed by atoms with Gasteiger partial charge in [0.15, 0.2) is 0 Å². The first-order valence-electron chi connectivity index (χ1n) is 5.54. The van der Waals surface area contributed by atoms with Crippen LogP contribution in [-0.2, 0) is 11.2 Å². The van der Waals surface area contributed by atoms with Crippen molar-refractivity contribution >= 4 is 50.7 Å². The third-order valence-electron chi connectivity index (χ3n) is 2.50. The lowest BCUT2D eigenvalue weighted by molar-refractivity contribution is -0.115. The highest BCUT2D eigenvalue weighted by molar-refractivity contribution is 9.10. The Morgan fingerprint density at radius 2 is 1.79 bits per heavy atom. The minimum atomic E-state index is -0.106. The first kappa shape index (κ1) is 14.4. The largest absolute Gasteiger partial charge is 0.325 e. The van der Waals surface area contributed by atoms with Crippen molar-refractivity contribution in [2.75, 3.05) is 5.32 Å². The zero-order valence-electron chi connectivity index (χ0n) is 9.79. The molecule has 0 aliphatic heterocycles. The Labute approximate surface area is 129 Å². The maximum Gasteiger partial charge on any atom is 0.228 e. The van der Waals surface area contributed by atoms with Gasteiger partial charge in [0, 0.05) is 5.02 Å². The van der Waals surface area contributed by atoms with Gasteiger partial charge in [-0.2, -0.15) is 0 Å². The van der Waals surface area contributed by atoms with E-state index in [1.54, 1.807) is 30.3 Å². The number of carbonyl (C=O) groups is 1. The van der Waals surface area contributed by atoms with Crippen molar-refractivity contribution in [3.8, 4) is 0 Å². The molecular weight excluding hydrogens is 349 g/mol. The Morgan fingerprint density at radius 1 is 1.11 bits per heavy atom. The van der Waals surface area contributed by atoms with Crippen LogP contribution < -0.4 is 5.32 Å². The van der Waals surface area contributed by atoms with Crippen molar-refractivity contribution in [3.63, 3.8) is 0 Å². The number of carbonyl (C=O) groups excluding carboxylic acids is 1. The molecule has 1 amide bonds. The minimum absolute atomic E-state index is 0.106. The summed E-state index contributed by atoms with van der Waals surface area (Å²) in [6.07, 6.45) is 0.288. The van der Waals surface area contributed by atoms with Gasteiger partial charge in [0.05, 0.1) is 21.6 Å². The van der Waals surface area contributed by atoms with Crippen LogP contribution in [0.5, 0.6) is 0 Å². The highest BCUT2D eigenvalue weighted by Crippen LogP contribution is 2.30. The fourth-order valence-corrected chi connectivity index (χ4v) is 2.25. The lowest BCUT2D eigenvalue weighted by Crippen LogP contribution is -2.14. The molecule has 0 saturated carbocycles. The normalized spacial score (nSPS) is 10.3. The van der Waals surface area contributed by atoms with Crippen LogP contribution in [0.25, 0.3) is 0 Å². The van der Waals surface area contributed by atoms with Gasteiger partial charge in [0.2, 0.25) is 5.91 Å². The number of anilines is 1. The van der Waals surface area contributed by atoms with Crippen LogP contribution in [0.4, 0.5) is 5.69 Å². The van der Waals surface area contributed by atoms with Crippen LogP contribution in [0.15, 0.2) is 46.9 Å². The Kier molecular flexibility index (Phi) is 4.86. The van der Waals surface area contributed by atoms with Crippen LogP contribution in [0.2, 0.25) is 10.0 Å². The molecule has 0 heterocycles. The second-order valence-corrected chi connectivity index (χ2v) is 5.59. The lowest BCUT2D eigenvalue weighted by Gasteiger charge is -2.08. The van der Waals surface area contributed by atoms with Crippen molar-refractivity contribution in [2.45, 2.75) is 6.42 Å². The maximum atomic E-state index is 11.9. The molecule has 2 nitrogen and oxygen atoms in total. The first-order valence-corrected chi connectivity index (χ1v) is 7.09. The molecule has 0 aromatic heterocycles. The standard InChI is InChI=1S/C14H10BrCl2NO/c15-14-11(17)2-1-3-12(14)18-13(19)8-9-4-6-10(16)7-5-9/h1-7H,8H2,(H,18,19). The van der Waals surface area contributed by atoms with Crippen molar-refractivity contribution in [1.82, 2.24) is 0 Å². The van der Waals surface area contributed by atoms with Crippen molar-refractivity contribution in [3.05, 3.63) is 62.5 Å². The predicted octanol–water partition coefficient (Wildman–Crippen LogP) is 4.94. The summed E-state index contributed by atoms with van der Waals surface area (Å²) in [6.45, 7) is 0. The fourth-order valence-electron chi connectivity index (χ4n) is 1.58. The summed E-state index contributed by atoms with van der Waals surface area (Å²) in [5.41, 5.74) is 1.56. The average Bonchev–Trinajstić information content (AvgIpc) is 2.38. The summed E-state index contributed by atoms with van der Waals surface area (Å²) in [5.74, 6) is -0.106. The van der Waals surface area contributed by atoms with Crippen molar-refractivity contribution in [2.24, 2.45) is 0 Å².